The lowest BCUT2D eigenvalue weighted by Crippen LogP contribution is -2.07. The van der Waals surface area contributed by atoms with Gasteiger partial charge in [0.2, 0.25) is 0 Å². The third-order valence-electron chi connectivity index (χ3n) is 3.70. The van der Waals surface area contributed by atoms with Crippen LogP contribution >= 0.6 is 0 Å². The average Bonchev–Trinajstić information content (AvgIpc) is 2.76. The fourth-order valence-electron chi connectivity index (χ4n) is 2.74. The van der Waals surface area contributed by atoms with Gasteiger partial charge in [-0.25, -0.2) is 4.39 Å². The molecule has 0 saturated heterocycles. The van der Waals surface area contributed by atoms with E-state index in [0.29, 0.717) is 0 Å². The van der Waals surface area contributed by atoms with E-state index >= 15 is 0 Å². The smallest absolute Gasteiger partial charge is 0.134 e. The maximum absolute atomic E-state index is 13.5. The van der Waals surface area contributed by atoms with Gasteiger partial charge in [0, 0.05) is 16.6 Å². The van der Waals surface area contributed by atoms with Crippen molar-refractivity contribution in [2.75, 3.05) is 5.32 Å². The number of fused-ring (bicyclic) bond motifs is 1. The minimum Gasteiger partial charge on any atom is -0.459 e. The SMILES string of the molecule is Cc1cc(F)cc(NC(C)c2oc3ccccc3c2C)c1. The van der Waals surface area contributed by atoms with E-state index in [2.05, 4.69) is 18.3 Å². The van der Waals surface area contributed by atoms with Crippen molar-refractivity contribution in [1.82, 2.24) is 0 Å². The fourth-order valence-corrected chi connectivity index (χ4v) is 2.74. The summed E-state index contributed by atoms with van der Waals surface area (Å²) in [6.07, 6.45) is 0. The zero-order chi connectivity index (χ0) is 15.0. The van der Waals surface area contributed by atoms with Crippen LogP contribution in [0.5, 0.6) is 0 Å². The highest BCUT2D eigenvalue weighted by molar-refractivity contribution is 5.82. The van der Waals surface area contributed by atoms with Crippen LogP contribution in [0.4, 0.5) is 10.1 Å². The number of furan rings is 1. The number of anilines is 1. The normalized spacial score (nSPS) is 12.6. The second-order valence-electron chi connectivity index (χ2n) is 5.47. The van der Waals surface area contributed by atoms with Crippen molar-refractivity contribution < 1.29 is 8.81 Å². The van der Waals surface area contributed by atoms with Gasteiger partial charge in [-0.05, 0) is 50.6 Å². The molecule has 0 aliphatic heterocycles. The number of benzene rings is 2. The first-order valence-electron chi connectivity index (χ1n) is 7.06. The Balaban J connectivity index is 1.93. The molecule has 0 fully saturated rings. The Hall–Kier alpha value is -2.29. The van der Waals surface area contributed by atoms with Crippen molar-refractivity contribution in [3.63, 3.8) is 0 Å². The lowest BCUT2D eigenvalue weighted by Gasteiger charge is -2.14. The van der Waals surface area contributed by atoms with E-state index in [1.54, 1.807) is 0 Å². The molecule has 0 bridgehead atoms. The Morgan fingerprint density at radius 3 is 2.57 bits per heavy atom. The first kappa shape index (κ1) is 13.7. The molecule has 3 rings (SSSR count). The molecule has 2 aromatic carbocycles. The Kier molecular flexibility index (Phi) is 3.42. The van der Waals surface area contributed by atoms with Crippen LogP contribution < -0.4 is 5.32 Å². The van der Waals surface area contributed by atoms with Crippen LogP contribution in [-0.2, 0) is 0 Å². The molecule has 0 radical (unpaired) electrons. The van der Waals surface area contributed by atoms with E-state index < -0.39 is 0 Å². The topological polar surface area (TPSA) is 25.2 Å². The molecule has 0 saturated carbocycles. The zero-order valence-electron chi connectivity index (χ0n) is 12.4. The summed E-state index contributed by atoms with van der Waals surface area (Å²) < 4.78 is 19.4. The molecule has 1 atom stereocenters. The van der Waals surface area contributed by atoms with E-state index in [1.165, 1.54) is 12.1 Å². The van der Waals surface area contributed by atoms with Crippen LogP contribution in [0.3, 0.4) is 0 Å². The van der Waals surface area contributed by atoms with E-state index in [9.17, 15) is 4.39 Å². The Labute approximate surface area is 123 Å². The van der Waals surface area contributed by atoms with Crippen LogP contribution in [0.25, 0.3) is 11.0 Å². The predicted molar refractivity (Wildman–Crippen MR) is 84.1 cm³/mol. The lowest BCUT2D eigenvalue weighted by molar-refractivity contribution is 0.522. The number of hydrogen-bond acceptors (Lipinski definition) is 2. The number of nitrogens with one attached hydrogen (secondary N) is 1. The largest absolute Gasteiger partial charge is 0.459 e. The van der Waals surface area contributed by atoms with E-state index in [1.807, 2.05) is 38.1 Å². The first-order chi connectivity index (χ1) is 10.0. The van der Waals surface area contributed by atoms with Gasteiger partial charge in [-0.1, -0.05) is 18.2 Å². The summed E-state index contributed by atoms with van der Waals surface area (Å²) in [6, 6.07) is 12.9. The minimum absolute atomic E-state index is 0.0291. The molecule has 2 nitrogen and oxygen atoms in total. The Morgan fingerprint density at radius 1 is 1.10 bits per heavy atom. The first-order valence-corrected chi connectivity index (χ1v) is 7.06. The molecular weight excluding hydrogens is 265 g/mol. The summed E-state index contributed by atoms with van der Waals surface area (Å²) in [6.45, 7) is 5.95. The number of halogens is 1. The zero-order valence-corrected chi connectivity index (χ0v) is 12.4. The highest BCUT2D eigenvalue weighted by atomic mass is 19.1. The molecule has 3 heteroatoms. The lowest BCUT2D eigenvalue weighted by atomic mass is 10.1. The molecule has 3 aromatic rings. The van der Waals surface area contributed by atoms with Gasteiger partial charge in [-0.3, -0.25) is 0 Å². The highest BCUT2D eigenvalue weighted by Crippen LogP contribution is 2.31. The van der Waals surface area contributed by atoms with Crippen LogP contribution in [-0.4, -0.2) is 0 Å². The molecule has 0 amide bonds. The maximum atomic E-state index is 13.5. The van der Waals surface area contributed by atoms with Gasteiger partial charge in [0.05, 0.1) is 6.04 Å². The second-order valence-corrected chi connectivity index (χ2v) is 5.47. The van der Waals surface area contributed by atoms with Crippen molar-refractivity contribution in [3.8, 4) is 0 Å². The third-order valence-corrected chi connectivity index (χ3v) is 3.70. The molecule has 108 valence electrons. The van der Waals surface area contributed by atoms with E-state index in [-0.39, 0.29) is 11.9 Å². The molecule has 1 aromatic heterocycles. The quantitative estimate of drug-likeness (QED) is 0.699. The van der Waals surface area contributed by atoms with Crippen molar-refractivity contribution >= 4 is 16.7 Å². The van der Waals surface area contributed by atoms with Gasteiger partial charge in [0.1, 0.15) is 17.2 Å². The van der Waals surface area contributed by atoms with Gasteiger partial charge in [0.15, 0.2) is 0 Å². The van der Waals surface area contributed by atoms with Crippen LogP contribution in [0.2, 0.25) is 0 Å². The predicted octanol–water partition coefficient (Wildman–Crippen LogP) is 5.36. The summed E-state index contributed by atoms with van der Waals surface area (Å²) in [5.41, 5.74) is 3.67. The highest BCUT2D eigenvalue weighted by Gasteiger charge is 2.16. The average molecular weight is 283 g/mol. The molecule has 1 heterocycles. The molecular formula is C18H18FNO. The molecule has 1 unspecified atom stereocenters. The summed E-state index contributed by atoms with van der Waals surface area (Å²) in [5.74, 6) is 0.657. The third kappa shape index (κ3) is 2.64. The molecule has 21 heavy (non-hydrogen) atoms. The summed E-state index contributed by atoms with van der Waals surface area (Å²) in [7, 11) is 0. The molecule has 0 aliphatic carbocycles. The van der Waals surface area contributed by atoms with Crippen molar-refractivity contribution in [1.29, 1.82) is 0 Å². The second kappa shape index (κ2) is 5.24. The Morgan fingerprint density at radius 2 is 1.86 bits per heavy atom. The van der Waals surface area contributed by atoms with Crippen molar-refractivity contribution in [2.24, 2.45) is 0 Å². The monoisotopic (exact) mass is 283 g/mol. The summed E-state index contributed by atoms with van der Waals surface area (Å²) in [4.78, 5) is 0. The standard InChI is InChI=1S/C18H18FNO/c1-11-8-14(19)10-15(9-11)20-13(3)18-12(2)16-6-4-5-7-17(16)21-18/h4-10,13,20H,1-3H3. The number of aryl methyl sites for hydroxylation is 2. The van der Waals surface area contributed by atoms with Gasteiger partial charge < -0.3 is 9.73 Å². The molecule has 0 spiro atoms. The van der Waals surface area contributed by atoms with Crippen LogP contribution in [0, 0.1) is 19.7 Å². The van der Waals surface area contributed by atoms with Crippen LogP contribution in [0.15, 0.2) is 46.9 Å². The number of hydrogen-bond donors (Lipinski definition) is 1. The maximum Gasteiger partial charge on any atom is 0.134 e. The van der Waals surface area contributed by atoms with Gasteiger partial charge in [0.25, 0.3) is 0 Å². The summed E-state index contributed by atoms with van der Waals surface area (Å²) >= 11 is 0. The number of rotatable bonds is 3. The van der Waals surface area contributed by atoms with Crippen molar-refractivity contribution in [2.45, 2.75) is 26.8 Å². The fraction of sp³-hybridized carbons (Fsp3) is 0.222. The van der Waals surface area contributed by atoms with Crippen molar-refractivity contribution in [3.05, 3.63) is 65.2 Å². The van der Waals surface area contributed by atoms with Crippen LogP contribution in [0.1, 0.15) is 29.9 Å². The van der Waals surface area contributed by atoms with E-state index in [0.717, 1.165) is 33.5 Å². The summed E-state index contributed by atoms with van der Waals surface area (Å²) in [5, 5.41) is 4.43. The van der Waals surface area contributed by atoms with Gasteiger partial charge in [-0.2, -0.15) is 0 Å². The number of para-hydroxylation sites is 1. The molecule has 0 aliphatic rings. The van der Waals surface area contributed by atoms with Gasteiger partial charge >= 0.3 is 0 Å². The van der Waals surface area contributed by atoms with E-state index in [4.69, 9.17) is 4.42 Å². The Bertz CT molecular complexity index is 771. The van der Waals surface area contributed by atoms with Gasteiger partial charge in [-0.15, -0.1) is 0 Å². The minimum atomic E-state index is -0.231. The molecule has 1 N–H and O–H groups in total.